The molecule has 1 aromatic carbocycles. The van der Waals surface area contributed by atoms with E-state index in [4.69, 9.17) is 4.74 Å². The number of amides is 1. The molecule has 0 N–H and O–H groups in total. The second-order valence-electron chi connectivity index (χ2n) is 7.77. The van der Waals surface area contributed by atoms with E-state index in [-0.39, 0.29) is 17.8 Å². The number of hydrogen-bond acceptors (Lipinski definition) is 3. The zero-order chi connectivity index (χ0) is 18.4. The lowest BCUT2D eigenvalue weighted by Crippen LogP contribution is -2.46. The third-order valence-corrected chi connectivity index (χ3v) is 5.55. The molecule has 2 fully saturated rings. The molecular weight excluding hydrogens is 331 g/mol. The third-order valence-electron chi connectivity index (χ3n) is 5.55. The van der Waals surface area contributed by atoms with Gasteiger partial charge in [0.05, 0.1) is 12.6 Å². The summed E-state index contributed by atoms with van der Waals surface area (Å²) in [6.07, 6.45) is 8.23. The van der Waals surface area contributed by atoms with Crippen LogP contribution in [0.3, 0.4) is 0 Å². The van der Waals surface area contributed by atoms with E-state index >= 15 is 0 Å². The van der Waals surface area contributed by atoms with Crippen molar-refractivity contribution in [2.75, 3.05) is 26.7 Å². The minimum Gasteiger partial charge on any atom is -0.377 e. The smallest absolute Gasteiger partial charge is 0.237 e. The lowest BCUT2D eigenvalue weighted by Gasteiger charge is -2.35. The largest absolute Gasteiger partial charge is 0.377 e. The fraction of sp³-hybridized carbons (Fsp3) is 0.667. The fourth-order valence-corrected chi connectivity index (χ4v) is 4.12. The molecule has 26 heavy (non-hydrogen) atoms. The van der Waals surface area contributed by atoms with E-state index in [0.29, 0.717) is 19.1 Å². The maximum Gasteiger partial charge on any atom is 0.237 e. The maximum atomic E-state index is 13.2. The maximum absolute atomic E-state index is 13.2. The molecule has 0 aromatic heterocycles. The average Bonchev–Trinajstić information content (AvgIpc) is 3.14. The van der Waals surface area contributed by atoms with Gasteiger partial charge in [0.25, 0.3) is 0 Å². The van der Waals surface area contributed by atoms with Crippen LogP contribution in [0.5, 0.6) is 0 Å². The van der Waals surface area contributed by atoms with Crippen LogP contribution in [0.25, 0.3) is 0 Å². The van der Waals surface area contributed by atoms with Crippen LogP contribution in [0.15, 0.2) is 24.3 Å². The highest BCUT2D eigenvalue weighted by Crippen LogP contribution is 2.24. The highest BCUT2D eigenvalue weighted by molar-refractivity contribution is 5.78. The molecule has 144 valence electrons. The number of carbonyl (C=O) groups excluding carboxylic acids is 1. The van der Waals surface area contributed by atoms with Crippen molar-refractivity contribution in [3.8, 4) is 0 Å². The third kappa shape index (κ3) is 5.52. The van der Waals surface area contributed by atoms with Gasteiger partial charge in [0.15, 0.2) is 0 Å². The number of benzene rings is 1. The van der Waals surface area contributed by atoms with Gasteiger partial charge >= 0.3 is 0 Å². The number of ether oxygens (including phenoxy) is 1. The second kappa shape index (κ2) is 9.47. The highest BCUT2D eigenvalue weighted by Gasteiger charge is 2.27. The van der Waals surface area contributed by atoms with E-state index in [2.05, 4.69) is 4.90 Å². The van der Waals surface area contributed by atoms with Gasteiger partial charge in [-0.2, -0.15) is 0 Å². The van der Waals surface area contributed by atoms with Crippen LogP contribution in [0, 0.1) is 5.82 Å². The Morgan fingerprint density at radius 2 is 1.85 bits per heavy atom. The minimum absolute atomic E-state index is 0.168. The quantitative estimate of drug-likeness (QED) is 0.743. The van der Waals surface area contributed by atoms with Crippen LogP contribution < -0.4 is 0 Å². The Morgan fingerprint density at radius 3 is 2.50 bits per heavy atom. The summed E-state index contributed by atoms with van der Waals surface area (Å²) in [5.74, 6) is -0.0673. The summed E-state index contributed by atoms with van der Waals surface area (Å²) in [7, 11) is 2.00. The first-order chi connectivity index (χ1) is 12.6. The minimum atomic E-state index is -0.236. The molecule has 1 amide bonds. The standard InChI is InChI=1S/C21H31FN2O2/c1-23(15-20-8-5-13-26-20)16-21(25)24(19-6-3-2-4-7-19)14-17-9-11-18(22)12-10-17/h9-12,19-20H,2-8,13-16H2,1H3. The molecule has 1 saturated heterocycles. The van der Waals surface area contributed by atoms with Gasteiger partial charge in [0.2, 0.25) is 5.91 Å². The molecule has 1 aliphatic carbocycles. The van der Waals surface area contributed by atoms with E-state index < -0.39 is 0 Å². The summed E-state index contributed by atoms with van der Waals surface area (Å²) >= 11 is 0. The van der Waals surface area contributed by atoms with Gasteiger partial charge in [-0.05, 0) is 50.4 Å². The SMILES string of the molecule is CN(CC(=O)N(Cc1ccc(F)cc1)C1CCCCC1)CC1CCCO1. The van der Waals surface area contributed by atoms with E-state index in [9.17, 15) is 9.18 Å². The summed E-state index contributed by atoms with van der Waals surface area (Å²) in [6.45, 7) is 2.63. The van der Waals surface area contributed by atoms with Crippen LogP contribution in [0.4, 0.5) is 4.39 Å². The Bertz CT molecular complexity index is 566. The first kappa shape index (κ1) is 19.3. The topological polar surface area (TPSA) is 32.8 Å². The molecule has 2 aliphatic rings. The van der Waals surface area contributed by atoms with Crippen LogP contribution in [0.1, 0.15) is 50.5 Å². The van der Waals surface area contributed by atoms with Gasteiger partial charge in [-0.25, -0.2) is 4.39 Å². The lowest BCUT2D eigenvalue weighted by molar-refractivity contribution is -0.136. The molecule has 1 saturated carbocycles. The number of likely N-dealkylation sites (N-methyl/N-ethyl adjacent to an activating group) is 1. The van der Waals surface area contributed by atoms with Gasteiger partial charge in [-0.3, -0.25) is 9.69 Å². The predicted octanol–water partition coefficient (Wildman–Crippen LogP) is 3.60. The van der Waals surface area contributed by atoms with E-state index in [1.54, 1.807) is 12.1 Å². The predicted molar refractivity (Wildman–Crippen MR) is 100 cm³/mol. The molecule has 1 heterocycles. The summed E-state index contributed by atoms with van der Waals surface area (Å²) in [5.41, 5.74) is 0.993. The van der Waals surface area contributed by atoms with E-state index in [1.807, 2.05) is 11.9 Å². The van der Waals surface area contributed by atoms with Crippen molar-refractivity contribution < 1.29 is 13.9 Å². The fourth-order valence-electron chi connectivity index (χ4n) is 4.12. The zero-order valence-corrected chi connectivity index (χ0v) is 15.8. The molecular formula is C21H31FN2O2. The van der Waals surface area contributed by atoms with Crippen LogP contribution >= 0.6 is 0 Å². The Morgan fingerprint density at radius 1 is 1.12 bits per heavy atom. The van der Waals surface area contributed by atoms with E-state index in [1.165, 1.54) is 31.4 Å². The van der Waals surface area contributed by atoms with Crippen molar-refractivity contribution in [1.82, 2.24) is 9.80 Å². The Kier molecular flexibility index (Phi) is 7.03. The van der Waals surface area contributed by atoms with Gasteiger partial charge in [0, 0.05) is 25.7 Å². The average molecular weight is 362 g/mol. The monoisotopic (exact) mass is 362 g/mol. The molecule has 4 nitrogen and oxygen atoms in total. The molecule has 0 bridgehead atoms. The Labute approximate surface area is 156 Å². The first-order valence-electron chi connectivity index (χ1n) is 9.96. The summed E-state index contributed by atoms with van der Waals surface area (Å²) in [6, 6.07) is 6.82. The number of nitrogens with zero attached hydrogens (tertiary/aromatic N) is 2. The molecule has 0 radical (unpaired) electrons. The van der Waals surface area contributed by atoms with Gasteiger partial charge in [-0.15, -0.1) is 0 Å². The van der Waals surface area contributed by atoms with Crippen molar-refractivity contribution in [1.29, 1.82) is 0 Å². The number of halogens is 1. The van der Waals surface area contributed by atoms with E-state index in [0.717, 1.165) is 44.4 Å². The molecule has 1 aliphatic heterocycles. The molecule has 1 aromatic rings. The van der Waals surface area contributed by atoms with Crippen molar-refractivity contribution in [2.24, 2.45) is 0 Å². The normalized spacial score (nSPS) is 21.3. The van der Waals surface area contributed by atoms with Crippen molar-refractivity contribution in [3.63, 3.8) is 0 Å². The van der Waals surface area contributed by atoms with Crippen molar-refractivity contribution in [2.45, 2.75) is 63.6 Å². The van der Waals surface area contributed by atoms with Crippen molar-refractivity contribution >= 4 is 5.91 Å². The van der Waals surface area contributed by atoms with Crippen molar-refractivity contribution in [3.05, 3.63) is 35.6 Å². The highest BCUT2D eigenvalue weighted by atomic mass is 19.1. The van der Waals surface area contributed by atoms with Gasteiger partial charge in [0.1, 0.15) is 5.82 Å². The van der Waals surface area contributed by atoms with Crippen LogP contribution in [-0.4, -0.2) is 54.6 Å². The molecule has 1 unspecified atom stereocenters. The summed E-state index contributed by atoms with van der Waals surface area (Å²) in [4.78, 5) is 17.2. The Balaban J connectivity index is 1.62. The molecule has 1 atom stereocenters. The summed E-state index contributed by atoms with van der Waals surface area (Å²) < 4.78 is 18.9. The lowest BCUT2D eigenvalue weighted by atomic mass is 9.93. The zero-order valence-electron chi connectivity index (χ0n) is 15.8. The molecule has 5 heteroatoms. The van der Waals surface area contributed by atoms with Gasteiger partial charge < -0.3 is 9.64 Å². The Hall–Kier alpha value is -1.46. The number of hydrogen-bond donors (Lipinski definition) is 0. The number of carbonyl (C=O) groups is 1. The molecule has 0 spiro atoms. The second-order valence-corrected chi connectivity index (χ2v) is 7.77. The number of rotatable bonds is 7. The van der Waals surface area contributed by atoms with Crippen LogP contribution in [-0.2, 0) is 16.1 Å². The molecule has 3 rings (SSSR count). The summed E-state index contributed by atoms with van der Waals surface area (Å²) in [5, 5.41) is 0. The first-order valence-corrected chi connectivity index (χ1v) is 9.96. The van der Waals surface area contributed by atoms with Crippen LogP contribution in [0.2, 0.25) is 0 Å². The van der Waals surface area contributed by atoms with Gasteiger partial charge in [-0.1, -0.05) is 31.4 Å².